The van der Waals surface area contributed by atoms with Gasteiger partial charge in [-0.1, -0.05) is 11.6 Å². The zero-order valence-electron chi connectivity index (χ0n) is 11.4. The standard InChI is InChI=1S/C15H16ClN3O/c1-10-11(15(20)19-7-3-2-4-8-19)9-12(16)14-13(10)17-5-6-18-14/h5-6,9H,2-4,7-8H2,1H3. The SMILES string of the molecule is Cc1c(C(=O)N2CCCCC2)cc(Cl)c2nccnc12. The van der Waals surface area contributed by atoms with Crippen molar-refractivity contribution in [2.45, 2.75) is 26.2 Å². The van der Waals surface area contributed by atoms with Crippen molar-refractivity contribution in [3.63, 3.8) is 0 Å². The van der Waals surface area contributed by atoms with E-state index in [1.165, 1.54) is 6.42 Å². The van der Waals surface area contributed by atoms with Crippen molar-refractivity contribution in [2.24, 2.45) is 0 Å². The summed E-state index contributed by atoms with van der Waals surface area (Å²) in [4.78, 5) is 23.1. The first-order valence-corrected chi connectivity index (χ1v) is 7.25. The van der Waals surface area contributed by atoms with Gasteiger partial charge in [0.05, 0.1) is 10.5 Å². The number of halogens is 1. The van der Waals surface area contributed by atoms with Gasteiger partial charge >= 0.3 is 0 Å². The Morgan fingerprint density at radius 1 is 1.15 bits per heavy atom. The number of nitrogens with zero attached hydrogens (tertiary/aromatic N) is 3. The van der Waals surface area contributed by atoms with Crippen molar-refractivity contribution in [1.29, 1.82) is 0 Å². The van der Waals surface area contributed by atoms with Gasteiger partial charge in [0.15, 0.2) is 0 Å². The van der Waals surface area contributed by atoms with Gasteiger partial charge in [-0.25, -0.2) is 0 Å². The molecule has 0 aliphatic carbocycles. The first-order valence-electron chi connectivity index (χ1n) is 6.87. The van der Waals surface area contributed by atoms with Gasteiger partial charge in [0, 0.05) is 31.0 Å². The van der Waals surface area contributed by atoms with Crippen molar-refractivity contribution >= 4 is 28.5 Å². The zero-order chi connectivity index (χ0) is 14.1. The molecule has 2 heterocycles. The molecule has 4 nitrogen and oxygen atoms in total. The molecule has 1 amide bonds. The molecule has 5 heteroatoms. The van der Waals surface area contributed by atoms with Crippen LogP contribution in [-0.4, -0.2) is 33.9 Å². The van der Waals surface area contributed by atoms with Crippen LogP contribution in [-0.2, 0) is 0 Å². The van der Waals surface area contributed by atoms with Crippen LogP contribution in [0, 0.1) is 6.92 Å². The number of fused-ring (bicyclic) bond motifs is 1. The van der Waals surface area contributed by atoms with Crippen molar-refractivity contribution in [3.05, 3.63) is 34.6 Å². The predicted molar refractivity (Wildman–Crippen MR) is 79.0 cm³/mol. The molecular weight excluding hydrogens is 274 g/mol. The molecule has 0 unspecified atom stereocenters. The van der Waals surface area contributed by atoms with E-state index < -0.39 is 0 Å². The number of aryl methyl sites for hydroxylation is 1. The lowest BCUT2D eigenvalue weighted by atomic mass is 10.0. The molecule has 1 saturated heterocycles. The quantitative estimate of drug-likeness (QED) is 0.810. The number of piperidine rings is 1. The van der Waals surface area contributed by atoms with Crippen molar-refractivity contribution in [2.75, 3.05) is 13.1 Å². The topological polar surface area (TPSA) is 46.1 Å². The zero-order valence-corrected chi connectivity index (χ0v) is 12.2. The molecule has 0 N–H and O–H groups in total. The molecular formula is C15H16ClN3O. The molecule has 1 aliphatic rings. The summed E-state index contributed by atoms with van der Waals surface area (Å²) in [5.41, 5.74) is 2.86. The van der Waals surface area contributed by atoms with Crippen molar-refractivity contribution < 1.29 is 4.79 Å². The maximum atomic E-state index is 12.6. The smallest absolute Gasteiger partial charge is 0.254 e. The number of benzene rings is 1. The van der Waals surface area contributed by atoms with Gasteiger partial charge in [0.25, 0.3) is 5.91 Å². The van der Waals surface area contributed by atoms with Gasteiger partial charge in [-0.2, -0.15) is 0 Å². The Hall–Kier alpha value is -1.68. The van der Waals surface area contributed by atoms with E-state index in [2.05, 4.69) is 9.97 Å². The summed E-state index contributed by atoms with van der Waals surface area (Å²) < 4.78 is 0. The monoisotopic (exact) mass is 289 g/mol. The van der Waals surface area contributed by atoms with Crippen LogP contribution in [0.2, 0.25) is 5.02 Å². The van der Waals surface area contributed by atoms with Gasteiger partial charge in [-0.05, 0) is 37.8 Å². The van der Waals surface area contributed by atoms with Crippen molar-refractivity contribution in [1.82, 2.24) is 14.9 Å². The number of hydrogen-bond acceptors (Lipinski definition) is 3. The molecule has 1 aromatic carbocycles. The van der Waals surface area contributed by atoms with E-state index in [1.54, 1.807) is 18.5 Å². The highest BCUT2D eigenvalue weighted by Crippen LogP contribution is 2.27. The minimum Gasteiger partial charge on any atom is -0.339 e. The van der Waals surface area contributed by atoms with Crippen LogP contribution in [0.15, 0.2) is 18.5 Å². The van der Waals surface area contributed by atoms with Crippen LogP contribution in [0.4, 0.5) is 0 Å². The Kier molecular flexibility index (Phi) is 3.57. The Morgan fingerprint density at radius 2 is 1.80 bits per heavy atom. The molecule has 3 rings (SSSR count). The van der Waals surface area contributed by atoms with E-state index in [9.17, 15) is 4.79 Å². The molecule has 1 aliphatic heterocycles. The minimum atomic E-state index is 0.0525. The second-order valence-corrected chi connectivity index (χ2v) is 5.54. The number of likely N-dealkylation sites (tertiary alicyclic amines) is 1. The third kappa shape index (κ3) is 2.24. The van der Waals surface area contributed by atoms with Crippen LogP contribution in [0.5, 0.6) is 0 Å². The fourth-order valence-electron chi connectivity index (χ4n) is 2.71. The van der Waals surface area contributed by atoms with E-state index in [4.69, 9.17) is 11.6 Å². The number of carbonyl (C=O) groups excluding carboxylic acids is 1. The van der Waals surface area contributed by atoms with E-state index in [0.717, 1.165) is 31.5 Å². The van der Waals surface area contributed by atoms with Gasteiger partial charge in [0.2, 0.25) is 0 Å². The average Bonchev–Trinajstić information content (AvgIpc) is 2.51. The Bertz CT molecular complexity index is 665. The fraction of sp³-hybridized carbons (Fsp3) is 0.400. The summed E-state index contributed by atoms with van der Waals surface area (Å²) in [5.74, 6) is 0.0525. The van der Waals surface area contributed by atoms with Crippen LogP contribution in [0.3, 0.4) is 0 Å². The Morgan fingerprint density at radius 3 is 2.50 bits per heavy atom. The van der Waals surface area contributed by atoms with Gasteiger partial charge in [-0.15, -0.1) is 0 Å². The number of carbonyl (C=O) groups is 1. The average molecular weight is 290 g/mol. The largest absolute Gasteiger partial charge is 0.339 e. The lowest BCUT2D eigenvalue weighted by Gasteiger charge is -2.27. The van der Waals surface area contributed by atoms with Crippen LogP contribution < -0.4 is 0 Å². The highest BCUT2D eigenvalue weighted by atomic mass is 35.5. The molecule has 0 bridgehead atoms. The van der Waals surface area contributed by atoms with E-state index >= 15 is 0 Å². The summed E-state index contributed by atoms with van der Waals surface area (Å²) in [6.45, 7) is 3.56. The molecule has 0 radical (unpaired) electrons. The molecule has 1 fully saturated rings. The van der Waals surface area contributed by atoms with Crippen LogP contribution in [0.1, 0.15) is 35.2 Å². The summed E-state index contributed by atoms with van der Waals surface area (Å²) in [6.07, 6.45) is 6.59. The highest BCUT2D eigenvalue weighted by molar-refractivity contribution is 6.35. The first-order chi connectivity index (χ1) is 9.68. The molecule has 20 heavy (non-hydrogen) atoms. The van der Waals surface area contributed by atoms with Gasteiger partial charge in [0.1, 0.15) is 5.52 Å². The Labute approximate surface area is 122 Å². The molecule has 1 aromatic heterocycles. The molecule has 0 saturated carbocycles. The fourth-order valence-corrected chi connectivity index (χ4v) is 2.96. The van der Waals surface area contributed by atoms with E-state index in [1.807, 2.05) is 11.8 Å². The molecule has 104 valence electrons. The normalized spacial score (nSPS) is 15.6. The Balaban J connectivity index is 2.07. The van der Waals surface area contributed by atoms with Crippen LogP contribution >= 0.6 is 11.6 Å². The van der Waals surface area contributed by atoms with Gasteiger partial charge in [-0.3, -0.25) is 14.8 Å². The molecule has 2 aromatic rings. The molecule has 0 atom stereocenters. The summed E-state index contributed by atoms with van der Waals surface area (Å²) in [7, 11) is 0. The second kappa shape index (κ2) is 5.37. The predicted octanol–water partition coefficient (Wildman–Crippen LogP) is 3.22. The lowest BCUT2D eigenvalue weighted by molar-refractivity contribution is 0.0724. The third-order valence-electron chi connectivity index (χ3n) is 3.83. The summed E-state index contributed by atoms with van der Waals surface area (Å²) >= 11 is 6.24. The molecule has 0 spiro atoms. The second-order valence-electron chi connectivity index (χ2n) is 5.14. The first kappa shape index (κ1) is 13.3. The number of amides is 1. The summed E-state index contributed by atoms with van der Waals surface area (Å²) in [5, 5.41) is 0.485. The van der Waals surface area contributed by atoms with Crippen molar-refractivity contribution in [3.8, 4) is 0 Å². The maximum absolute atomic E-state index is 12.6. The lowest BCUT2D eigenvalue weighted by Crippen LogP contribution is -2.36. The summed E-state index contributed by atoms with van der Waals surface area (Å²) in [6, 6.07) is 1.73. The van der Waals surface area contributed by atoms with Crippen LogP contribution in [0.25, 0.3) is 11.0 Å². The van der Waals surface area contributed by atoms with Gasteiger partial charge < -0.3 is 4.90 Å². The minimum absolute atomic E-state index is 0.0525. The van der Waals surface area contributed by atoms with E-state index in [0.29, 0.717) is 21.6 Å². The third-order valence-corrected chi connectivity index (χ3v) is 4.12. The highest BCUT2D eigenvalue weighted by Gasteiger charge is 2.22. The maximum Gasteiger partial charge on any atom is 0.254 e. The van der Waals surface area contributed by atoms with E-state index in [-0.39, 0.29) is 5.91 Å². The number of aromatic nitrogens is 2. The number of rotatable bonds is 1. The number of hydrogen-bond donors (Lipinski definition) is 0.